The van der Waals surface area contributed by atoms with Gasteiger partial charge in [-0.1, -0.05) is 35.5 Å². The van der Waals surface area contributed by atoms with Crippen LogP contribution in [0.15, 0.2) is 46.8 Å². The van der Waals surface area contributed by atoms with Crippen molar-refractivity contribution in [3.63, 3.8) is 0 Å². The molecule has 2 rings (SSSR count). The van der Waals surface area contributed by atoms with E-state index < -0.39 is 54.3 Å². The number of aliphatic carboxylic acids is 2. The standard InChI is InChI=1S/C19H21F2N3O7/c1-11(16(25)26)14(17(27)28)31-23-15(22-2)13-8-19(20,21)10-24(13)18(29)30-9-12-6-4-3-5-7-12/h3-7,13H,8-10H2,1-2H3,(H,22,23)(H,25,26)(H,27,28)/t13-/m0/s1. The number of carbonyl (C=O) groups is 3. The van der Waals surface area contributed by atoms with E-state index in [9.17, 15) is 23.2 Å². The molecule has 1 aromatic rings. The number of rotatable bonds is 7. The van der Waals surface area contributed by atoms with Gasteiger partial charge >= 0.3 is 18.0 Å². The minimum Gasteiger partial charge on any atom is -0.478 e. The largest absolute Gasteiger partial charge is 0.478 e. The van der Waals surface area contributed by atoms with Gasteiger partial charge in [-0.25, -0.2) is 23.2 Å². The number of alkyl halides is 2. The number of halogens is 2. The first-order valence-electron chi connectivity index (χ1n) is 9.01. The predicted octanol–water partition coefficient (Wildman–Crippen LogP) is 2.03. The van der Waals surface area contributed by atoms with Crippen LogP contribution < -0.4 is 5.32 Å². The Labute approximate surface area is 175 Å². The third-order valence-electron chi connectivity index (χ3n) is 4.37. The molecule has 10 nitrogen and oxygen atoms in total. The minimum atomic E-state index is -3.25. The van der Waals surface area contributed by atoms with Crippen LogP contribution in [0.5, 0.6) is 0 Å². The minimum absolute atomic E-state index is 0.138. The molecule has 12 heteroatoms. The fourth-order valence-corrected chi connectivity index (χ4v) is 2.79. The Kier molecular flexibility index (Phi) is 7.51. The van der Waals surface area contributed by atoms with Gasteiger partial charge in [0.15, 0.2) is 5.84 Å². The van der Waals surface area contributed by atoms with Crippen molar-refractivity contribution < 1.29 is 43.0 Å². The van der Waals surface area contributed by atoms with E-state index in [1.165, 1.54) is 7.05 Å². The molecule has 1 aromatic carbocycles. The Hall–Kier alpha value is -3.70. The topological polar surface area (TPSA) is 138 Å². The van der Waals surface area contributed by atoms with Gasteiger partial charge in [-0.3, -0.25) is 4.90 Å². The van der Waals surface area contributed by atoms with E-state index in [2.05, 4.69) is 10.5 Å². The number of carboxylic acids is 2. The number of ether oxygens (including phenoxy) is 1. The van der Waals surface area contributed by atoms with Gasteiger partial charge in [0.05, 0.1) is 12.1 Å². The van der Waals surface area contributed by atoms with E-state index in [1.54, 1.807) is 30.3 Å². The lowest BCUT2D eigenvalue weighted by Crippen LogP contribution is -2.45. The first-order valence-corrected chi connectivity index (χ1v) is 9.01. The van der Waals surface area contributed by atoms with Gasteiger partial charge in [-0.05, 0) is 12.5 Å². The van der Waals surface area contributed by atoms with Crippen LogP contribution in [0.3, 0.4) is 0 Å². The van der Waals surface area contributed by atoms with Gasteiger partial charge in [0, 0.05) is 13.5 Å². The second kappa shape index (κ2) is 9.87. The quantitative estimate of drug-likeness (QED) is 0.192. The second-order valence-corrected chi connectivity index (χ2v) is 6.63. The number of benzene rings is 1. The Bertz CT molecular complexity index is 903. The highest BCUT2D eigenvalue weighted by atomic mass is 19.3. The smallest absolute Gasteiger partial charge is 0.410 e. The van der Waals surface area contributed by atoms with Crippen LogP contribution >= 0.6 is 0 Å². The first-order chi connectivity index (χ1) is 14.6. The number of carbonyl (C=O) groups excluding carboxylic acids is 1. The normalized spacial score (nSPS) is 18.8. The molecule has 0 unspecified atom stereocenters. The highest BCUT2D eigenvalue weighted by molar-refractivity contribution is 5.97. The SMILES string of the molecule is CNC(=NOC(C(=O)O)=C(C)C(=O)O)[C@@H]1CC(F)(F)CN1C(=O)OCc1ccccc1. The number of nitrogens with one attached hydrogen (secondary N) is 1. The Balaban J connectivity index is 2.23. The van der Waals surface area contributed by atoms with Crippen molar-refractivity contribution in [3.05, 3.63) is 47.2 Å². The molecule has 0 aromatic heterocycles. The van der Waals surface area contributed by atoms with Crippen LogP contribution in [0, 0.1) is 0 Å². The van der Waals surface area contributed by atoms with Crippen LogP contribution in [-0.2, 0) is 25.8 Å². The van der Waals surface area contributed by atoms with Crippen LogP contribution in [0.25, 0.3) is 0 Å². The van der Waals surface area contributed by atoms with E-state index in [0.29, 0.717) is 5.56 Å². The van der Waals surface area contributed by atoms with Gasteiger partial charge in [-0.15, -0.1) is 0 Å². The number of carboxylic acid groups (broad SMARTS) is 2. The van der Waals surface area contributed by atoms with Crippen molar-refractivity contribution in [2.75, 3.05) is 13.6 Å². The number of amidine groups is 1. The molecule has 0 aliphatic carbocycles. The van der Waals surface area contributed by atoms with Crippen LogP contribution in [0.2, 0.25) is 0 Å². The molecule has 1 atom stereocenters. The molecule has 1 aliphatic heterocycles. The molecule has 3 N–H and O–H groups in total. The van der Waals surface area contributed by atoms with Crippen LogP contribution in [-0.4, -0.2) is 64.5 Å². The average molecular weight is 441 g/mol. The molecule has 0 spiro atoms. The van der Waals surface area contributed by atoms with E-state index in [4.69, 9.17) is 19.8 Å². The van der Waals surface area contributed by atoms with E-state index >= 15 is 0 Å². The Morgan fingerprint density at radius 1 is 1.23 bits per heavy atom. The number of hydrogen-bond acceptors (Lipinski definition) is 6. The lowest BCUT2D eigenvalue weighted by Gasteiger charge is -2.24. The molecular formula is C19H21F2N3O7. The summed E-state index contributed by atoms with van der Waals surface area (Å²) < 4.78 is 33.3. The second-order valence-electron chi connectivity index (χ2n) is 6.63. The van der Waals surface area contributed by atoms with E-state index in [1.807, 2.05) is 0 Å². The zero-order chi connectivity index (χ0) is 23.2. The molecule has 1 amide bonds. The maximum absolute atomic E-state index is 14.1. The molecule has 31 heavy (non-hydrogen) atoms. The molecule has 1 aliphatic rings. The molecule has 0 bridgehead atoms. The number of hydrogen-bond donors (Lipinski definition) is 3. The van der Waals surface area contributed by atoms with E-state index in [0.717, 1.165) is 11.8 Å². The lowest BCUT2D eigenvalue weighted by atomic mass is 10.1. The van der Waals surface area contributed by atoms with Crippen molar-refractivity contribution in [2.45, 2.75) is 31.9 Å². The Morgan fingerprint density at radius 2 is 1.87 bits per heavy atom. The van der Waals surface area contributed by atoms with Crippen molar-refractivity contribution in [3.8, 4) is 0 Å². The van der Waals surface area contributed by atoms with Crippen molar-refractivity contribution in [2.24, 2.45) is 5.16 Å². The average Bonchev–Trinajstić information content (AvgIpc) is 3.04. The molecule has 0 radical (unpaired) electrons. The fraction of sp³-hybridized carbons (Fsp3) is 0.368. The highest BCUT2D eigenvalue weighted by Gasteiger charge is 2.50. The summed E-state index contributed by atoms with van der Waals surface area (Å²) in [4.78, 5) is 40.1. The molecular weight excluding hydrogens is 420 g/mol. The monoisotopic (exact) mass is 441 g/mol. The molecule has 0 saturated carbocycles. The third-order valence-corrected chi connectivity index (χ3v) is 4.37. The van der Waals surface area contributed by atoms with Crippen molar-refractivity contribution in [1.29, 1.82) is 0 Å². The van der Waals surface area contributed by atoms with E-state index in [-0.39, 0.29) is 12.4 Å². The summed E-state index contributed by atoms with van der Waals surface area (Å²) in [6, 6.07) is 7.30. The highest BCUT2D eigenvalue weighted by Crippen LogP contribution is 2.33. The number of amides is 1. The summed E-state index contributed by atoms with van der Waals surface area (Å²) in [7, 11) is 1.31. The first kappa shape index (κ1) is 23.6. The Morgan fingerprint density at radius 3 is 2.42 bits per heavy atom. The predicted molar refractivity (Wildman–Crippen MR) is 102 cm³/mol. The van der Waals surface area contributed by atoms with Crippen LogP contribution in [0.1, 0.15) is 18.9 Å². The summed E-state index contributed by atoms with van der Waals surface area (Å²) in [5.74, 6) is -7.82. The summed E-state index contributed by atoms with van der Waals surface area (Å²) in [6.45, 7) is -0.0974. The summed E-state index contributed by atoms with van der Waals surface area (Å²) in [5, 5.41) is 24.0. The number of likely N-dealkylation sites (N-methyl/N-ethyl adjacent to an activating group) is 1. The molecule has 1 saturated heterocycles. The molecule has 168 valence electrons. The summed E-state index contributed by atoms with van der Waals surface area (Å²) in [6.07, 6.45) is -1.84. The summed E-state index contributed by atoms with van der Waals surface area (Å²) in [5.41, 5.74) is 0.00663. The van der Waals surface area contributed by atoms with Gasteiger partial charge in [0.1, 0.15) is 12.6 Å². The maximum Gasteiger partial charge on any atom is 0.410 e. The fourth-order valence-electron chi connectivity index (χ4n) is 2.79. The van der Waals surface area contributed by atoms with Gasteiger partial charge in [-0.2, -0.15) is 0 Å². The van der Waals surface area contributed by atoms with Gasteiger partial charge < -0.3 is 25.1 Å². The van der Waals surface area contributed by atoms with Crippen LogP contribution in [0.4, 0.5) is 13.6 Å². The van der Waals surface area contributed by atoms with Gasteiger partial charge in [0.25, 0.3) is 11.7 Å². The molecule has 1 fully saturated rings. The van der Waals surface area contributed by atoms with Gasteiger partial charge in [0.2, 0.25) is 0 Å². The summed E-state index contributed by atoms with van der Waals surface area (Å²) >= 11 is 0. The number of likely N-dealkylation sites (tertiary alicyclic amines) is 1. The van der Waals surface area contributed by atoms with Crippen molar-refractivity contribution >= 4 is 23.9 Å². The third kappa shape index (κ3) is 6.14. The van der Waals surface area contributed by atoms with Crippen molar-refractivity contribution in [1.82, 2.24) is 10.2 Å². The zero-order valence-electron chi connectivity index (χ0n) is 16.7. The number of nitrogens with zero attached hydrogens (tertiary/aromatic N) is 2. The maximum atomic E-state index is 14.1. The lowest BCUT2D eigenvalue weighted by molar-refractivity contribution is -0.139. The number of oxime groups is 1. The zero-order valence-corrected chi connectivity index (χ0v) is 16.7. The molecule has 1 heterocycles.